The Hall–Kier alpha value is -2.23. The number of hydrogen-bond acceptors (Lipinski definition) is 4. The van der Waals surface area contributed by atoms with Gasteiger partial charge in [0.05, 0.1) is 12.3 Å². The van der Waals surface area contributed by atoms with Crippen molar-refractivity contribution < 1.29 is 9.47 Å². The molecular formula is C15H18N2O2. The molecule has 100 valence electrons. The van der Waals surface area contributed by atoms with Crippen molar-refractivity contribution >= 4 is 5.69 Å². The molecule has 0 aliphatic heterocycles. The standard InChI is InChI=1S/C15H18N2O2/c1-4-18-15-12(16)8-9-14(17-15)19-13-7-5-6-10(2)11(13)3/h5-9H,4,16H2,1-3H3. The van der Waals surface area contributed by atoms with Gasteiger partial charge in [-0.15, -0.1) is 0 Å². The van der Waals surface area contributed by atoms with E-state index in [1.165, 1.54) is 5.56 Å². The molecule has 0 radical (unpaired) electrons. The zero-order valence-electron chi connectivity index (χ0n) is 11.4. The van der Waals surface area contributed by atoms with Crippen molar-refractivity contribution in [2.24, 2.45) is 0 Å². The summed E-state index contributed by atoms with van der Waals surface area (Å²) in [6.45, 7) is 6.47. The first-order chi connectivity index (χ1) is 9.11. The molecule has 2 rings (SSSR count). The molecule has 4 heteroatoms. The highest BCUT2D eigenvalue weighted by Gasteiger charge is 2.08. The van der Waals surface area contributed by atoms with E-state index in [1.807, 2.05) is 39.0 Å². The molecular weight excluding hydrogens is 240 g/mol. The fourth-order valence-corrected chi connectivity index (χ4v) is 1.69. The van der Waals surface area contributed by atoms with Gasteiger partial charge in [0.1, 0.15) is 5.75 Å². The van der Waals surface area contributed by atoms with Gasteiger partial charge in [-0.2, -0.15) is 4.98 Å². The lowest BCUT2D eigenvalue weighted by Crippen LogP contribution is -2.01. The SMILES string of the molecule is CCOc1nc(Oc2cccc(C)c2C)ccc1N. The van der Waals surface area contributed by atoms with E-state index in [9.17, 15) is 0 Å². The monoisotopic (exact) mass is 258 g/mol. The predicted octanol–water partition coefficient (Wildman–Crippen LogP) is 3.47. The van der Waals surface area contributed by atoms with Gasteiger partial charge in [0.15, 0.2) is 0 Å². The van der Waals surface area contributed by atoms with Crippen LogP contribution in [0.5, 0.6) is 17.5 Å². The molecule has 0 saturated carbocycles. The Kier molecular flexibility index (Phi) is 3.90. The summed E-state index contributed by atoms with van der Waals surface area (Å²) in [5, 5.41) is 0. The minimum absolute atomic E-state index is 0.408. The third-order valence-electron chi connectivity index (χ3n) is 2.91. The van der Waals surface area contributed by atoms with Crippen molar-refractivity contribution in [3.63, 3.8) is 0 Å². The normalized spacial score (nSPS) is 10.3. The lowest BCUT2D eigenvalue weighted by molar-refractivity contribution is 0.323. The molecule has 0 aliphatic carbocycles. The maximum atomic E-state index is 5.79. The van der Waals surface area contributed by atoms with Crippen LogP contribution in [0, 0.1) is 13.8 Å². The van der Waals surface area contributed by atoms with E-state index in [0.29, 0.717) is 24.1 Å². The number of aromatic nitrogens is 1. The van der Waals surface area contributed by atoms with Gasteiger partial charge in [0.2, 0.25) is 11.8 Å². The van der Waals surface area contributed by atoms with Gasteiger partial charge in [-0.1, -0.05) is 12.1 Å². The molecule has 1 heterocycles. The Balaban J connectivity index is 2.28. The van der Waals surface area contributed by atoms with E-state index in [-0.39, 0.29) is 0 Å². The molecule has 1 aromatic carbocycles. The number of anilines is 1. The van der Waals surface area contributed by atoms with Gasteiger partial charge >= 0.3 is 0 Å². The van der Waals surface area contributed by atoms with Crippen LogP contribution in [0.1, 0.15) is 18.1 Å². The van der Waals surface area contributed by atoms with E-state index in [4.69, 9.17) is 15.2 Å². The minimum Gasteiger partial charge on any atom is -0.476 e. The molecule has 0 unspecified atom stereocenters. The zero-order valence-corrected chi connectivity index (χ0v) is 11.4. The first kappa shape index (κ1) is 13.2. The number of pyridine rings is 1. The van der Waals surface area contributed by atoms with E-state index >= 15 is 0 Å². The van der Waals surface area contributed by atoms with E-state index in [0.717, 1.165) is 11.3 Å². The highest BCUT2D eigenvalue weighted by atomic mass is 16.5. The van der Waals surface area contributed by atoms with Crippen LogP contribution < -0.4 is 15.2 Å². The minimum atomic E-state index is 0.408. The summed E-state index contributed by atoms with van der Waals surface area (Å²) in [4.78, 5) is 4.26. The third-order valence-corrected chi connectivity index (χ3v) is 2.91. The maximum Gasteiger partial charge on any atom is 0.240 e. The molecule has 0 bridgehead atoms. The third kappa shape index (κ3) is 2.96. The fraction of sp³-hybridized carbons (Fsp3) is 0.267. The first-order valence-electron chi connectivity index (χ1n) is 6.25. The lowest BCUT2D eigenvalue weighted by Gasteiger charge is -2.11. The van der Waals surface area contributed by atoms with Gasteiger partial charge < -0.3 is 15.2 Å². The van der Waals surface area contributed by atoms with Gasteiger partial charge in [-0.05, 0) is 44.0 Å². The fourth-order valence-electron chi connectivity index (χ4n) is 1.69. The lowest BCUT2D eigenvalue weighted by atomic mass is 10.1. The van der Waals surface area contributed by atoms with Crippen molar-refractivity contribution in [1.82, 2.24) is 4.98 Å². The number of rotatable bonds is 4. The molecule has 19 heavy (non-hydrogen) atoms. The second kappa shape index (κ2) is 5.61. The highest BCUT2D eigenvalue weighted by Crippen LogP contribution is 2.28. The summed E-state index contributed by atoms with van der Waals surface area (Å²) >= 11 is 0. The van der Waals surface area contributed by atoms with E-state index in [2.05, 4.69) is 4.98 Å². The Morgan fingerprint density at radius 3 is 2.68 bits per heavy atom. The van der Waals surface area contributed by atoms with Crippen LogP contribution in [0.3, 0.4) is 0 Å². The predicted molar refractivity (Wildman–Crippen MR) is 75.8 cm³/mol. The van der Waals surface area contributed by atoms with Crippen molar-refractivity contribution in [3.8, 4) is 17.5 Å². The van der Waals surface area contributed by atoms with Crippen molar-refractivity contribution in [2.45, 2.75) is 20.8 Å². The number of ether oxygens (including phenoxy) is 2. The second-order valence-electron chi connectivity index (χ2n) is 4.28. The number of nitrogens with two attached hydrogens (primary N) is 1. The Morgan fingerprint density at radius 1 is 1.16 bits per heavy atom. The number of benzene rings is 1. The van der Waals surface area contributed by atoms with Crippen LogP contribution in [-0.4, -0.2) is 11.6 Å². The highest BCUT2D eigenvalue weighted by molar-refractivity contribution is 5.50. The van der Waals surface area contributed by atoms with Crippen LogP contribution in [-0.2, 0) is 0 Å². The summed E-state index contributed by atoms with van der Waals surface area (Å²) in [6.07, 6.45) is 0. The summed E-state index contributed by atoms with van der Waals surface area (Å²) < 4.78 is 11.1. The zero-order chi connectivity index (χ0) is 13.8. The van der Waals surface area contributed by atoms with Crippen LogP contribution in [0.2, 0.25) is 0 Å². The molecule has 0 fully saturated rings. The smallest absolute Gasteiger partial charge is 0.240 e. The number of aryl methyl sites for hydroxylation is 1. The molecule has 1 aromatic heterocycles. The molecule has 2 N–H and O–H groups in total. The summed E-state index contributed by atoms with van der Waals surface area (Å²) in [7, 11) is 0. The molecule has 2 aromatic rings. The van der Waals surface area contributed by atoms with Crippen LogP contribution >= 0.6 is 0 Å². The van der Waals surface area contributed by atoms with Crippen LogP contribution in [0.15, 0.2) is 30.3 Å². The van der Waals surface area contributed by atoms with Crippen molar-refractivity contribution in [2.75, 3.05) is 12.3 Å². The molecule has 4 nitrogen and oxygen atoms in total. The summed E-state index contributed by atoms with van der Waals surface area (Å²) in [6, 6.07) is 9.39. The Bertz CT molecular complexity index is 582. The molecule has 0 spiro atoms. The van der Waals surface area contributed by atoms with Gasteiger partial charge in [-0.3, -0.25) is 0 Å². The van der Waals surface area contributed by atoms with E-state index < -0.39 is 0 Å². The number of nitrogen functional groups attached to an aromatic ring is 1. The second-order valence-corrected chi connectivity index (χ2v) is 4.28. The first-order valence-corrected chi connectivity index (χ1v) is 6.25. The number of hydrogen-bond donors (Lipinski definition) is 1. The molecule has 0 atom stereocenters. The molecule has 0 aliphatic rings. The Labute approximate surface area is 113 Å². The van der Waals surface area contributed by atoms with Gasteiger partial charge in [0.25, 0.3) is 0 Å². The Morgan fingerprint density at radius 2 is 1.95 bits per heavy atom. The molecule has 0 amide bonds. The summed E-state index contributed by atoms with van der Waals surface area (Å²) in [5.41, 5.74) is 8.56. The topological polar surface area (TPSA) is 57.4 Å². The quantitative estimate of drug-likeness (QED) is 0.912. The van der Waals surface area contributed by atoms with Crippen LogP contribution in [0.25, 0.3) is 0 Å². The van der Waals surface area contributed by atoms with Crippen molar-refractivity contribution in [3.05, 3.63) is 41.5 Å². The average Bonchev–Trinajstić information content (AvgIpc) is 2.39. The van der Waals surface area contributed by atoms with Gasteiger partial charge in [-0.25, -0.2) is 0 Å². The summed E-state index contributed by atoms with van der Waals surface area (Å²) in [5.74, 6) is 1.68. The largest absolute Gasteiger partial charge is 0.476 e. The average molecular weight is 258 g/mol. The van der Waals surface area contributed by atoms with Crippen LogP contribution in [0.4, 0.5) is 5.69 Å². The maximum absolute atomic E-state index is 5.79. The van der Waals surface area contributed by atoms with Crippen molar-refractivity contribution in [1.29, 1.82) is 0 Å². The van der Waals surface area contributed by atoms with Gasteiger partial charge in [0, 0.05) is 6.07 Å². The number of nitrogens with zero attached hydrogens (tertiary/aromatic N) is 1. The molecule has 0 saturated heterocycles. The van der Waals surface area contributed by atoms with E-state index in [1.54, 1.807) is 12.1 Å².